The molecule has 1 atom stereocenters. The number of rotatable bonds is 3. The Bertz CT molecular complexity index is 551. The van der Waals surface area contributed by atoms with Crippen molar-refractivity contribution >= 4 is 17.5 Å². The van der Waals surface area contributed by atoms with Gasteiger partial charge in [0.2, 0.25) is 0 Å². The fourth-order valence-corrected chi connectivity index (χ4v) is 1.98. The van der Waals surface area contributed by atoms with Crippen LogP contribution in [0.2, 0.25) is 5.02 Å². The van der Waals surface area contributed by atoms with Crippen molar-refractivity contribution in [3.05, 3.63) is 52.6 Å². The number of nitrogens with one attached hydrogen (secondary N) is 2. The van der Waals surface area contributed by atoms with Gasteiger partial charge >= 0.3 is 0 Å². The third-order valence-corrected chi connectivity index (χ3v) is 2.96. The minimum absolute atomic E-state index is 0.190. The predicted molar refractivity (Wildman–Crippen MR) is 70.7 cm³/mol. The maximum absolute atomic E-state index is 12.0. The number of aryl methyl sites for hydroxylation is 1. The first-order chi connectivity index (χ1) is 8.58. The Hall–Kier alpha value is -1.81. The summed E-state index contributed by atoms with van der Waals surface area (Å²) in [4.78, 5) is 19.1. The van der Waals surface area contributed by atoms with Gasteiger partial charge in [0.25, 0.3) is 5.91 Å². The van der Waals surface area contributed by atoms with Crippen LogP contribution in [-0.2, 0) is 0 Å². The predicted octanol–water partition coefficient (Wildman–Crippen LogP) is 2.86. The van der Waals surface area contributed by atoms with Gasteiger partial charge in [-0.3, -0.25) is 4.79 Å². The molecule has 94 valence electrons. The molecule has 0 bridgehead atoms. The third-order valence-electron chi connectivity index (χ3n) is 2.65. The monoisotopic (exact) mass is 263 g/mol. The van der Waals surface area contributed by atoms with Crippen molar-refractivity contribution in [2.45, 2.75) is 19.9 Å². The number of nitrogens with zero attached hydrogens (tertiary/aromatic N) is 1. The van der Waals surface area contributed by atoms with Crippen LogP contribution in [0.4, 0.5) is 0 Å². The average molecular weight is 264 g/mol. The van der Waals surface area contributed by atoms with E-state index in [-0.39, 0.29) is 11.9 Å². The number of amides is 1. The van der Waals surface area contributed by atoms with Gasteiger partial charge in [0, 0.05) is 12.4 Å². The lowest BCUT2D eigenvalue weighted by Gasteiger charge is -2.12. The topological polar surface area (TPSA) is 57.8 Å². The van der Waals surface area contributed by atoms with Gasteiger partial charge in [0.05, 0.1) is 16.6 Å². The van der Waals surface area contributed by atoms with Crippen LogP contribution in [0.5, 0.6) is 0 Å². The molecule has 2 N–H and O–H groups in total. The van der Waals surface area contributed by atoms with Crippen LogP contribution in [0.1, 0.15) is 34.7 Å². The number of imidazole rings is 1. The zero-order valence-corrected chi connectivity index (χ0v) is 11.0. The highest BCUT2D eigenvalue weighted by molar-refractivity contribution is 6.33. The number of halogens is 1. The van der Waals surface area contributed by atoms with Crippen molar-refractivity contribution in [2.75, 3.05) is 0 Å². The fourth-order valence-electron chi connectivity index (χ4n) is 1.66. The highest BCUT2D eigenvalue weighted by Gasteiger charge is 2.15. The summed E-state index contributed by atoms with van der Waals surface area (Å²) < 4.78 is 0. The molecule has 4 nitrogen and oxygen atoms in total. The molecule has 1 heterocycles. The van der Waals surface area contributed by atoms with Crippen LogP contribution < -0.4 is 5.32 Å². The molecule has 0 aliphatic heterocycles. The van der Waals surface area contributed by atoms with E-state index in [1.165, 1.54) is 0 Å². The largest absolute Gasteiger partial charge is 0.347 e. The molecule has 0 aliphatic carbocycles. The normalized spacial score (nSPS) is 12.2. The summed E-state index contributed by atoms with van der Waals surface area (Å²) in [5.74, 6) is 0.510. The van der Waals surface area contributed by atoms with Crippen molar-refractivity contribution in [3.8, 4) is 0 Å². The molecule has 0 spiro atoms. The molecule has 5 heteroatoms. The summed E-state index contributed by atoms with van der Waals surface area (Å²) in [5, 5.41) is 3.30. The fraction of sp³-hybridized carbons (Fsp3) is 0.231. The molecule has 1 unspecified atom stereocenters. The van der Waals surface area contributed by atoms with Crippen LogP contribution in [0.25, 0.3) is 0 Å². The first-order valence-corrected chi connectivity index (χ1v) is 6.02. The van der Waals surface area contributed by atoms with Gasteiger partial charge in [0.15, 0.2) is 0 Å². The Balaban J connectivity index is 2.12. The number of hydrogen-bond donors (Lipinski definition) is 2. The molecule has 1 amide bonds. The number of carbonyl (C=O) groups excluding carboxylic acids is 1. The van der Waals surface area contributed by atoms with Gasteiger partial charge in [-0.15, -0.1) is 0 Å². The molecule has 1 aromatic carbocycles. The lowest BCUT2D eigenvalue weighted by atomic mass is 10.1. The highest BCUT2D eigenvalue weighted by atomic mass is 35.5. The number of hydrogen-bond acceptors (Lipinski definition) is 2. The minimum Gasteiger partial charge on any atom is -0.347 e. The second-order valence-electron chi connectivity index (χ2n) is 4.15. The molecule has 0 fully saturated rings. The molecule has 0 saturated carbocycles. The molecular weight excluding hydrogens is 250 g/mol. The number of benzene rings is 1. The van der Waals surface area contributed by atoms with Crippen molar-refractivity contribution < 1.29 is 4.79 Å². The van der Waals surface area contributed by atoms with Crippen molar-refractivity contribution in [1.82, 2.24) is 15.3 Å². The smallest absolute Gasteiger partial charge is 0.253 e. The number of aromatic amines is 1. The van der Waals surface area contributed by atoms with E-state index < -0.39 is 0 Å². The number of H-pyrrole nitrogens is 1. The third kappa shape index (κ3) is 2.71. The van der Waals surface area contributed by atoms with E-state index in [1.807, 2.05) is 19.9 Å². The first-order valence-electron chi connectivity index (χ1n) is 5.64. The van der Waals surface area contributed by atoms with E-state index >= 15 is 0 Å². The van der Waals surface area contributed by atoms with Crippen LogP contribution in [-0.4, -0.2) is 15.9 Å². The lowest BCUT2D eigenvalue weighted by Crippen LogP contribution is -2.27. The van der Waals surface area contributed by atoms with Crippen LogP contribution >= 0.6 is 11.6 Å². The van der Waals surface area contributed by atoms with Gasteiger partial charge in [-0.25, -0.2) is 4.98 Å². The number of carbonyl (C=O) groups is 1. The lowest BCUT2D eigenvalue weighted by molar-refractivity contribution is 0.0938. The maximum atomic E-state index is 12.0. The minimum atomic E-state index is -0.205. The summed E-state index contributed by atoms with van der Waals surface area (Å²) in [6.45, 7) is 3.79. The molecular formula is C13H14ClN3O. The zero-order valence-electron chi connectivity index (χ0n) is 10.2. The van der Waals surface area contributed by atoms with E-state index in [4.69, 9.17) is 11.6 Å². The van der Waals surface area contributed by atoms with Crippen LogP contribution in [0, 0.1) is 6.92 Å². The van der Waals surface area contributed by atoms with Crippen LogP contribution in [0.3, 0.4) is 0 Å². The first kappa shape index (κ1) is 12.6. The Kier molecular flexibility index (Phi) is 3.67. The molecule has 0 radical (unpaired) electrons. The van der Waals surface area contributed by atoms with Crippen molar-refractivity contribution in [3.63, 3.8) is 0 Å². The van der Waals surface area contributed by atoms with Crippen molar-refractivity contribution in [2.24, 2.45) is 0 Å². The van der Waals surface area contributed by atoms with Gasteiger partial charge in [0.1, 0.15) is 5.82 Å². The van der Waals surface area contributed by atoms with Gasteiger partial charge in [-0.05, 0) is 31.5 Å². The summed E-state index contributed by atoms with van der Waals surface area (Å²) in [6.07, 6.45) is 3.37. The Labute approximate surface area is 110 Å². The summed E-state index contributed by atoms with van der Waals surface area (Å²) in [5.41, 5.74) is 1.50. The van der Waals surface area contributed by atoms with Gasteiger partial charge in [-0.1, -0.05) is 17.7 Å². The summed E-state index contributed by atoms with van der Waals surface area (Å²) in [6, 6.07) is 5.17. The second-order valence-corrected chi connectivity index (χ2v) is 4.56. The van der Waals surface area contributed by atoms with E-state index in [0.29, 0.717) is 16.4 Å². The highest BCUT2D eigenvalue weighted by Crippen LogP contribution is 2.18. The van der Waals surface area contributed by atoms with E-state index in [9.17, 15) is 4.79 Å². The Morgan fingerprint density at radius 2 is 2.28 bits per heavy atom. The second kappa shape index (κ2) is 5.23. The van der Waals surface area contributed by atoms with Crippen molar-refractivity contribution in [1.29, 1.82) is 0 Å². The van der Waals surface area contributed by atoms with E-state index in [0.717, 1.165) is 5.56 Å². The molecule has 18 heavy (non-hydrogen) atoms. The molecule has 1 aromatic heterocycles. The SMILES string of the molecule is Cc1ccc(C(=O)NC(C)c2ncc[nH]2)c(Cl)c1. The summed E-state index contributed by atoms with van der Waals surface area (Å²) >= 11 is 6.05. The van der Waals surface area contributed by atoms with Crippen LogP contribution in [0.15, 0.2) is 30.6 Å². The average Bonchev–Trinajstić information content (AvgIpc) is 2.81. The van der Waals surface area contributed by atoms with Gasteiger partial charge < -0.3 is 10.3 Å². The van der Waals surface area contributed by atoms with E-state index in [1.54, 1.807) is 24.5 Å². The molecule has 0 saturated heterocycles. The molecule has 2 aromatic rings. The quantitative estimate of drug-likeness (QED) is 0.895. The standard InChI is InChI=1S/C13H14ClN3O/c1-8-3-4-10(11(14)7-8)13(18)17-9(2)12-15-5-6-16-12/h3-7,9H,1-2H3,(H,15,16)(H,17,18). The molecule has 2 rings (SSSR count). The zero-order chi connectivity index (χ0) is 13.1. The number of aromatic nitrogens is 2. The van der Waals surface area contributed by atoms with E-state index in [2.05, 4.69) is 15.3 Å². The molecule has 0 aliphatic rings. The summed E-state index contributed by atoms with van der Waals surface area (Å²) in [7, 11) is 0. The maximum Gasteiger partial charge on any atom is 0.253 e. The Morgan fingerprint density at radius 3 is 2.89 bits per heavy atom. The Morgan fingerprint density at radius 1 is 1.50 bits per heavy atom. The van der Waals surface area contributed by atoms with Gasteiger partial charge in [-0.2, -0.15) is 0 Å².